The normalized spacial score (nSPS) is 21.3. The van der Waals surface area contributed by atoms with Crippen LogP contribution in [-0.2, 0) is 31.2 Å². The van der Waals surface area contributed by atoms with Gasteiger partial charge in [0.1, 0.15) is 23.7 Å². The van der Waals surface area contributed by atoms with E-state index in [4.69, 9.17) is 26.4 Å². The van der Waals surface area contributed by atoms with Gasteiger partial charge in [-0.3, -0.25) is 19.0 Å². The summed E-state index contributed by atoms with van der Waals surface area (Å²) in [4.78, 5) is 40.0. The minimum atomic E-state index is -2.66. The van der Waals surface area contributed by atoms with Gasteiger partial charge in [-0.2, -0.15) is 15.5 Å². The molecule has 1 N–H and O–H groups in total. The Morgan fingerprint density at radius 2 is 1.72 bits per heavy atom. The number of carbonyl (C=O) groups excluding carboxylic acids is 2. The van der Waals surface area contributed by atoms with Crippen molar-refractivity contribution in [3.8, 4) is 22.9 Å². The van der Waals surface area contributed by atoms with Crippen molar-refractivity contribution in [2.45, 2.75) is 111 Å². The van der Waals surface area contributed by atoms with Gasteiger partial charge in [0.15, 0.2) is 5.82 Å². The monoisotopic (exact) mass is 987 g/mol. The lowest BCUT2D eigenvalue weighted by Gasteiger charge is -2.63. The molecule has 0 spiro atoms. The van der Waals surface area contributed by atoms with E-state index in [-0.39, 0.29) is 46.4 Å². The highest BCUT2D eigenvalue weighted by molar-refractivity contribution is 6.31. The van der Waals surface area contributed by atoms with Crippen LogP contribution >= 0.6 is 11.6 Å². The summed E-state index contributed by atoms with van der Waals surface area (Å²) in [5.41, 5.74) is 5.33. The molecule has 3 fully saturated rings. The van der Waals surface area contributed by atoms with Crippen molar-refractivity contribution in [1.29, 1.82) is 5.26 Å². The third-order valence-corrected chi connectivity index (χ3v) is 16.5. The molecule has 0 atom stereocenters. The van der Waals surface area contributed by atoms with Crippen LogP contribution in [0.3, 0.4) is 0 Å². The molecular formula is C54H64ClF2N11O3. The maximum atomic E-state index is 14.8. The van der Waals surface area contributed by atoms with Crippen molar-refractivity contribution in [3.05, 3.63) is 99.6 Å². The fourth-order valence-electron chi connectivity index (χ4n) is 12.6. The van der Waals surface area contributed by atoms with Gasteiger partial charge in [-0.05, 0) is 92.0 Å². The second kappa shape index (κ2) is 19.2. The number of halogens is 3. The van der Waals surface area contributed by atoms with E-state index in [1.807, 2.05) is 23.1 Å². The van der Waals surface area contributed by atoms with Crippen LogP contribution in [0.25, 0.3) is 11.1 Å². The predicted octanol–water partition coefficient (Wildman–Crippen LogP) is 9.30. The molecule has 5 aliphatic rings. The van der Waals surface area contributed by atoms with Gasteiger partial charge in [-0.15, -0.1) is 0 Å². The zero-order valence-electron chi connectivity index (χ0n) is 41.6. The summed E-state index contributed by atoms with van der Waals surface area (Å²) in [7, 11) is 1.79. The molecule has 1 saturated carbocycles. The van der Waals surface area contributed by atoms with Crippen LogP contribution in [0.15, 0.2) is 61.1 Å². The van der Waals surface area contributed by atoms with E-state index in [1.54, 1.807) is 61.5 Å². The molecule has 10 rings (SSSR count). The third kappa shape index (κ3) is 9.24. The highest BCUT2D eigenvalue weighted by Crippen LogP contribution is 2.56. The Bertz CT molecular complexity index is 2840. The Morgan fingerprint density at radius 3 is 2.37 bits per heavy atom. The van der Waals surface area contributed by atoms with Gasteiger partial charge in [0, 0.05) is 130 Å². The molecule has 5 aromatic rings. The second-order valence-corrected chi connectivity index (χ2v) is 22.0. The number of aromatic nitrogens is 5. The molecule has 0 unspecified atom stereocenters. The molecule has 17 heteroatoms. The maximum Gasteiger partial charge on any atom is 0.264 e. The number of piperidine rings is 2. The molecule has 0 bridgehead atoms. The zero-order chi connectivity index (χ0) is 49.9. The molecule has 71 heavy (non-hydrogen) atoms. The summed E-state index contributed by atoms with van der Waals surface area (Å²) < 4.78 is 39.8. The number of nitrogens with one attached hydrogen (secondary N) is 1. The van der Waals surface area contributed by atoms with E-state index in [0.717, 1.165) is 105 Å². The number of aryl methyl sites for hydroxylation is 2. The highest BCUT2D eigenvalue weighted by atomic mass is 35.5. The van der Waals surface area contributed by atoms with Gasteiger partial charge in [0.25, 0.3) is 12.3 Å². The fourth-order valence-corrected chi connectivity index (χ4v) is 12.9. The first kappa shape index (κ1) is 48.6. The Hall–Kier alpha value is -6.05. The Morgan fingerprint density at radius 1 is 0.958 bits per heavy atom. The van der Waals surface area contributed by atoms with E-state index < -0.39 is 6.43 Å². The largest absolute Gasteiger partial charge is 0.489 e. The number of fused-ring (bicyclic) bond motifs is 2. The van der Waals surface area contributed by atoms with Crippen LogP contribution in [0.5, 0.6) is 5.75 Å². The Balaban J connectivity index is 0.745. The van der Waals surface area contributed by atoms with Crippen molar-refractivity contribution in [1.82, 2.24) is 39.7 Å². The molecule has 2 saturated heterocycles. The van der Waals surface area contributed by atoms with Gasteiger partial charge >= 0.3 is 0 Å². The lowest BCUT2D eigenvalue weighted by molar-refractivity contribution is -0.164. The summed E-state index contributed by atoms with van der Waals surface area (Å²) in [5, 5.41) is 22.5. The first-order valence-electron chi connectivity index (χ1n) is 25.2. The molecule has 0 radical (unpaired) electrons. The number of ether oxygens (including phenoxy) is 1. The van der Waals surface area contributed by atoms with E-state index in [1.165, 1.54) is 0 Å². The number of hydrogen-bond donors (Lipinski definition) is 1. The van der Waals surface area contributed by atoms with E-state index >= 15 is 0 Å². The van der Waals surface area contributed by atoms with Crippen molar-refractivity contribution in [2.24, 2.45) is 23.8 Å². The second-order valence-electron chi connectivity index (χ2n) is 21.6. The number of amides is 2. The molecule has 3 aromatic heterocycles. The number of pyridine rings is 1. The van der Waals surface area contributed by atoms with Crippen LogP contribution in [-0.4, -0.2) is 104 Å². The summed E-state index contributed by atoms with van der Waals surface area (Å²) in [5.74, 6) is 2.69. The first-order valence-corrected chi connectivity index (χ1v) is 25.6. The molecule has 1 aliphatic carbocycles. The molecule has 2 amide bonds. The topological polar surface area (TPSA) is 141 Å². The standard InChI is InChI=1S/C54H64ClF2N11O3/c1-33(69)66-23-17-45-43(32-66)49(67-18-7-8-35-24-41(38-29-60-63(6)31-38)42(48(56)57)26-46(35)67)62-68(45)39-15-19-64(20-16-39)30-34-13-21-65(22-14-34)47-12-10-37(28-59-47)50(70)61-51-53(2,3)52(54(51,4)5)71-40-11-9-36(27-58)44(55)25-40/h9-12,24-26,28-29,31,34,39,48,51-52H,7-8,13-23,30,32H2,1-6H3,(H,61,70). The highest BCUT2D eigenvalue weighted by Gasteiger charge is 2.64. The molecule has 2 aromatic carbocycles. The summed E-state index contributed by atoms with van der Waals surface area (Å²) in [6.07, 6.45) is 8.65. The van der Waals surface area contributed by atoms with Crippen LogP contribution < -0.4 is 19.9 Å². The van der Waals surface area contributed by atoms with Crippen LogP contribution in [0.2, 0.25) is 5.02 Å². The van der Waals surface area contributed by atoms with Gasteiger partial charge in [-0.25, -0.2) is 13.8 Å². The van der Waals surface area contributed by atoms with Crippen molar-refractivity contribution in [3.63, 3.8) is 0 Å². The van der Waals surface area contributed by atoms with Gasteiger partial charge in [0.05, 0.1) is 34.9 Å². The van der Waals surface area contributed by atoms with Gasteiger partial charge < -0.3 is 29.7 Å². The van der Waals surface area contributed by atoms with Crippen molar-refractivity contribution >= 4 is 40.7 Å². The minimum absolute atomic E-state index is 0.0120. The van der Waals surface area contributed by atoms with E-state index in [0.29, 0.717) is 65.0 Å². The summed E-state index contributed by atoms with van der Waals surface area (Å²) >= 11 is 6.28. The maximum absolute atomic E-state index is 14.8. The number of nitriles is 1. The molecule has 7 heterocycles. The molecular weight excluding hydrogens is 924 g/mol. The van der Waals surface area contributed by atoms with Crippen LogP contribution in [0.4, 0.5) is 26.1 Å². The third-order valence-electron chi connectivity index (χ3n) is 16.2. The SMILES string of the molecule is CC(=O)N1CCc2c(c(N3CCCc4cc(-c5cnn(C)c5)c(C(F)F)cc43)nn2C2CCN(CC3CCN(c4ccc(C(=O)NC5C(C)(C)C(Oc6ccc(C#N)c(Cl)c6)C5(C)C)cn4)CC3)CC2)C1. The smallest absolute Gasteiger partial charge is 0.264 e. The Kier molecular flexibility index (Phi) is 13.1. The van der Waals surface area contributed by atoms with Gasteiger partial charge in [0.2, 0.25) is 5.91 Å². The summed E-state index contributed by atoms with van der Waals surface area (Å²) in [6, 6.07) is 14.6. The zero-order valence-corrected chi connectivity index (χ0v) is 42.4. The minimum Gasteiger partial charge on any atom is -0.489 e. The summed E-state index contributed by atoms with van der Waals surface area (Å²) in [6.45, 7) is 16.5. The number of benzene rings is 2. The lowest BCUT2D eigenvalue weighted by atomic mass is 9.49. The van der Waals surface area contributed by atoms with Crippen LogP contribution in [0, 0.1) is 28.1 Å². The Labute approximate surface area is 419 Å². The number of alkyl halides is 2. The quantitative estimate of drug-likeness (QED) is 0.136. The van der Waals surface area contributed by atoms with E-state index in [9.17, 15) is 23.6 Å². The van der Waals surface area contributed by atoms with Crippen molar-refractivity contribution in [2.75, 3.05) is 55.6 Å². The molecule has 374 valence electrons. The fraction of sp³-hybridized carbons (Fsp3) is 0.519. The molecule has 4 aliphatic heterocycles. The van der Waals surface area contributed by atoms with Crippen LogP contribution in [0.1, 0.15) is 117 Å². The van der Waals surface area contributed by atoms with Gasteiger partial charge in [-0.1, -0.05) is 39.3 Å². The number of anilines is 3. The number of carbonyl (C=O) groups is 2. The van der Waals surface area contributed by atoms with Crippen molar-refractivity contribution < 1.29 is 23.1 Å². The predicted molar refractivity (Wildman–Crippen MR) is 269 cm³/mol. The number of rotatable bonds is 11. The lowest BCUT2D eigenvalue weighted by Crippen LogP contribution is -2.74. The number of likely N-dealkylation sites (tertiary alicyclic amines) is 1. The first-order chi connectivity index (χ1) is 34.0. The van der Waals surface area contributed by atoms with E-state index in [2.05, 4.69) is 63.6 Å². The number of nitrogens with zero attached hydrogens (tertiary/aromatic N) is 10. The average Bonchev–Trinajstić information content (AvgIpc) is 3.98. The number of hydrogen-bond acceptors (Lipinski definition) is 10. The average molecular weight is 989 g/mol. The molecule has 14 nitrogen and oxygen atoms in total.